The van der Waals surface area contributed by atoms with Gasteiger partial charge in [0.15, 0.2) is 0 Å². The van der Waals surface area contributed by atoms with Gasteiger partial charge in [-0.15, -0.1) is 0 Å². The van der Waals surface area contributed by atoms with Crippen LogP contribution >= 0.6 is 23.2 Å². The maximum atomic E-state index is 6.04. The molecule has 1 atom stereocenters. The molecule has 1 aromatic carbocycles. The fourth-order valence-corrected chi connectivity index (χ4v) is 2.15. The molecule has 4 N–H and O–H groups in total. The zero-order valence-electron chi connectivity index (χ0n) is 9.17. The van der Waals surface area contributed by atoms with Crippen molar-refractivity contribution in [3.63, 3.8) is 0 Å². The lowest BCUT2D eigenvalue weighted by Crippen LogP contribution is -2.13. The Morgan fingerprint density at radius 1 is 1.38 bits per heavy atom. The first kappa shape index (κ1) is 13.6. The van der Waals surface area contributed by atoms with Gasteiger partial charge in [-0.05, 0) is 31.5 Å². The number of hydrogen-bond acceptors (Lipinski definition) is 3. The third kappa shape index (κ3) is 3.25. The molecule has 5 heteroatoms. The van der Waals surface area contributed by atoms with Crippen molar-refractivity contribution in [1.82, 2.24) is 0 Å². The summed E-state index contributed by atoms with van der Waals surface area (Å²) >= 11 is 12.0. The third-order valence-corrected chi connectivity index (χ3v) is 2.86. The van der Waals surface area contributed by atoms with E-state index in [4.69, 9.17) is 39.4 Å². The largest absolute Gasteiger partial charge is 0.495 e. The predicted molar refractivity (Wildman–Crippen MR) is 68.2 cm³/mol. The van der Waals surface area contributed by atoms with Gasteiger partial charge in [0.05, 0.1) is 12.1 Å². The normalized spacial score (nSPS) is 12.6. The number of benzene rings is 1. The van der Waals surface area contributed by atoms with Gasteiger partial charge in [0.2, 0.25) is 0 Å². The number of halogens is 2. The summed E-state index contributed by atoms with van der Waals surface area (Å²) in [6.07, 6.45) is 1.64. The minimum Gasteiger partial charge on any atom is -0.495 e. The lowest BCUT2D eigenvalue weighted by molar-refractivity contribution is 0.404. The van der Waals surface area contributed by atoms with Gasteiger partial charge in [-0.25, -0.2) is 0 Å². The summed E-state index contributed by atoms with van der Waals surface area (Å²) in [5.74, 6) is 0.593. The maximum Gasteiger partial charge on any atom is 0.142 e. The van der Waals surface area contributed by atoms with Crippen LogP contribution in [0.25, 0.3) is 0 Å². The number of methoxy groups -OCH3 is 1. The topological polar surface area (TPSA) is 61.3 Å². The molecular formula is C11H16Cl2N2O. The second-order valence-corrected chi connectivity index (χ2v) is 4.39. The van der Waals surface area contributed by atoms with Gasteiger partial charge < -0.3 is 16.2 Å². The maximum absolute atomic E-state index is 6.04. The molecular weight excluding hydrogens is 247 g/mol. The molecule has 3 nitrogen and oxygen atoms in total. The van der Waals surface area contributed by atoms with Crippen molar-refractivity contribution in [3.05, 3.63) is 27.7 Å². The van der Waals surface area contributed by atoms with E-state index in [0.29, 0.717) is 22.3 Å². The molecule has 1 rings (SSSR count). The number of rotatable bonds is 5. The Balaban J connectivity index is 3.00. The van der Waals surface area contributed by atoms with Crippen LogP contribution in [-0.4, -0.2) is 13.7 Å². The highest BCUT2D eigenvalue weighted by Gasteiger charge is 2.15. The van der Waals surface area contributed by atoms with Crippen LogP contribution in [0.15, 0.2) is 12.1 Å². The minimum absolute atomic E-state index is 0.158. The van der Waals surface area contributed by atoms with Gasteiger partial charge >= 0.3 is 0 Å². The number of hydrogen-bond donors (Lipinski definition) is 2. The van der Waals surface area contributed by atoms with E-state index >= 15 is 0 Å². The quantitative estimate of drug-likeness (QED) is 0.858. The Morgan fingerprint density at radius 3 is 2.62 bits per heavy atom. The Bertz CT molecular complexity index is 358. The summed E-state index contributed by atoms with van der Waals surface area (Å²) in [5.41, 5.74) is 12.3. The lowest BCUT2D eigenvalue weighted by atomic mass is 10.0. The van der Waals surface area contributed by atoms with Crippen LogP contribution in [0.1, 0.15) is 24.4 Å². The first-order valence-electron chi connectivity index (χ1n) is 5.08. The number of nitrogens with two attached hydrogens (primary N) is 2. The van der Waals surface area contributed by atoms with Crippen LogP contribution in [0.3, 0.4) is 0 Å². The van der Waals surface area contributed by atoms with Crippen LogP contribution < -0.4 is 16.2 Å². The summed E-state index contributed by atoms with van der Waals surface area (Å²) in [4.78, 5) is 0. The second-order valence-electron chi connectivity index (χ2n) is 3.55. The van der Waals surface area contributed by atoms with Crippen LogP contribution in [0.4, 0.5) is 0 Å². The molecule has 0 radical (unpaired) electrons. The van der Waals surface area contributed by atoms with Crippen LogP contribution in [0.2, 0.25) is 10.0 Å². The smallest absolute Gasteiger partial charge is 0.142 e. The van der Waals surface area contributed by atoms with E-state index in [1.165, 1.54) is 0 Å². The second kappa shape index (κ2) is 6.30. The van der Waals surface area contributed by atoms with Crippen molar-refractivity contribution in [2.24, 2.45) is 11.5 Å². The summed E-state index contributed by atoms with van der Waals surface area (Å²) in [5, 5.41) is 1.04. The molecule has 0 aliphatic rings. The van der Waals surface area contributed by atoms with Crippen molar-refractivity contribution in [3.8, 4) is 5.75 Å². The average Bonchev–Trinajstić information content (AvgIpc) is 2.24. The summed E-state index contributed by atoms with van der Waals surface area (Å²) < 4.78 is 5.23. The van der Waals surface area contributed by atoms with E-state index in [-0.39, 0.29) is 6.04 Å². The molecule has 0 saturated heterocycles. The van der Waals surface area contributed by atoms with Gasteiger partial charge in [0.25, 0.3) is 0 Å². The van der Waals surface area contributed by atoms with Gasteiger partial charge in [-0.2, -0.15) is 0 Å². The van der Waals surface area contributed by atoms with Gasteiger partial charge in [0, 0.05) is 16.6 Å². The average molecular weight is 263 g/mol. The van der Waals surface area contributed by atoms with E-state index in [2.05, 4.69) is 0 Å². The van der Waals surface area contributed by atoms with Crippen molar-refractivity contribution >= 4 is 23.2 Å². The lowest BCUT2D eigenvalue weighted by Gasteiger charge is -2.17. The van der Waals surface area contributed by atoms with Gasteiger partial charge in [0.1, 0.15) is 5.75 Å². The summed E-state index contributed by atoms with van der Waals surface area (Å²) in [7, 11) is 1.56. The van der Waals surface area contributed by atoms with E-state index < -0.39 is 0 Å². The predicted octanol–water partition coefficient (Wildman–Crippen LogP) is 2.74. The molecule has 90 valence electrons. The van der Waals surface area contributed by atoms with Crippen molar-refractivity contribution < 1.29 is 4.74 Å². The number of ether oxygens (including phenoxy) is 1. The highest BCUT2D eigenvalue weighted by Crippen LogP contribution is 2.36. The van der Waals surface area contributed by atoms with E-state index in [9.17, 15) is 0 Å². The van der Waals surface area contributed by atoms with Crippen molar-refractivity contribution in [1.29, 1.82) is 0 Å². The minimum atomic E-state index is -0.158. The first-order valence-corrected chi connectivity index (χ1v) is 5.84. The molecule has 0 amide bonds. The van der Waals surface area contributed by atoms with E-state index in [1.807, 2.05) is 0 Å². The third-order valence-electron chi connectivity index (χ3n) is 2.36. The summed E-state index contributed by atoms with van der Waals surface area (Å²) in [6, 6.07) is 3.27. The van der Waals surface area contributed by atoms with Crippen LogP contribution in [0.5, 0.6) is 5.75 Å². The van der Waals surface area contributed by atoms with Crippen molar-refractivity contribution in [2.75, 3.05) is 13.7 Å². The zero-order chi connectivity index (χ0) is 12.1. The standard InChI is InChI=1S/C11H16Cl2N2O/c1-16-11-8(10(15)3-2-4-14)5-7(12)6-9(11)13/h5-6,10H,2-4,14-15H2,1H3. The van der Waals surface area contributed by atoms with E-state index in [0.717, 1.165) is 18.4 Å². The molecule has 0 spiro atoms. The molecule has 1 unspecified atom stereocenters. The van der Waals surface area contributed by atoms with E-state index in [1.54, 1.807) is 19.2 Å². The first-order chi connectivity index (χ1) is 7.60. The Labute approximate surface area is 106 Å². The Morgan fingerprint density at radius 2 is 2.06 bits per heavy atom. The van der Waals surface area contributed by atoms with Crippen LogP contribution in [0, 0.1) is 0 Å². The van der Waals surface area contributed by atoms with Gasteiger partial charge in [-0.1, -0.05) is 23.2 Å². The zero-order valence-corrected chi connectivity index (χ0v) is 10.7. The molecule has 0 aliphatic carbocycles. The fourth-order valence-electron chi connectivity index (χ4n) is 1.56. The summed E-state index contributed by atoms with van der Waals surface area (Å²) in [6.45, 7) is 0.615. The molecule has 0 saturated carbocycles. The Hall–Kier alpha value is -0.480. The Kier molecular flexibility index (Phi) is 5.35. The molecule has 0 bridgehead atoms. The molecule has 0 heterocycles. The highest BCUT2D eigenvalue weighted by molar-refractivity contribution is 6.35. The molecule has 0 aromatic heterocycles. The molecule has 0 fully saturated rings. The highest BCUT2D eigenvalue weighted by atomic mass is 35.5. The molecule has 16 heavy (non-hydrogen) atoms. The van der Waals surface area contributed by atoms with Crippen molar-refractivity contribution in [2.45, 2.75) is 18.9 Å². The van der Waals surface area contributed by atoms with Gasteiger partial charge in [-0.3, -0.25) is 0 Å². The fraction of sp³-hybridized carbons (Fsp3) is 0.455. The monoisotopic (exact) mass is 262 g/mol. The molecule has 0 aliphatic heterocycles. The molecule has 1 aromatic rings. The van der Waals surface area contributed by atoms with Crippen LogP contribution in [-0.2, 0) is 0 Å². The SMILES string of the molecule is COc1c(Cl)cc(Cl)cc1C(N)CCCN.